The van der Waals surface area contributed by atoms with E-state index in [0.717, 1.165) is 10.7 Å². The summed E-state index contributed by atoms with van der Waals surface area (Å²) >= 11 is 2.93. The van der Waals surface area contributed by atoms with Crippen molar-refractivity contribution in [1.82, 2.24) is 14.8 Å². The van der Waals surface area contributed by atoms with Crippen LogP contribution in [0.15, 0.2) is 46.9 Å². The second-order valence-corrected chi connectivity index (χ2v) is 7.01. The van der Waals surface area contributed by atoms with E-state index in [2.05, 4.69) is 15.5 Å². The number of benzene rings is 1. The molecule has 0 saturated carbocycles. The van der Waals surface area contributed by atoms with E-state index >= 15 is 0 Å². The van der Waals surface area contributed by atoms with Crippen molar-refractivity contribution in [3.05, 3.63) is 47.3 Å². The predicted molar refractivity (Wildman–Crippen MR) is 99.0 cm³/mol. The molecule has 0 aliphatic carbocycles. The molecular formula is C16H15N5O2S2. The quantitative estimate of drug-likeness (QED) is 0.511. The summed E-state index contributed by atoms with van der Waals surface area (Å²) in [5.41, 5.74) is 6.16. The second kappa shape index (κ2) is 7.49. The SMILES string of the molecule is Cn1c(SCC(=O)c2ccc(NC(N)=O)cc2)nnc1-c1cccs1. The molecule has 1 aromatic carbocycles. The van der Waals surface area contributed by atoms with Gasteiger partial charge in [0.15, 0.2) is 16.8 Å². The minimum atomic E-state index is -0.640. The van der Waals surface area contributed by atoms with Gasteiger partial charge in [0.1, 0.15) is 0 Å². The number of urea groups is 1. The maximum absolute atomic E-state index is 12.3. The summed E-state index contributed by atoms with van der Waals surface area (Å²) < 4.78 is 1.88. The van der Waals surface area contributed by atoms with Gasteiger partial charge in [0.2, 0.25) is 0 Å². The molecule has 0 saturated heterocycles. The summed E-state index contributed by atoms with van der Waals surface area (Å²) in [6.45, 7) is 0. The Morgan fingerprint density at radius 3 is 2.64 bits per heavy atom. The first kappa shape index (κ1) is 17.2. The van der Waals surface area contributed by atoms with Crippen molar-refractivity contribution >= 4 is 40.6 Å². The number of anilines is 1. The number of thioether (sulfide) groups is 1. The number of carbonyl (C=O) groups excluding carboxylic acids is 2. The lowest BCUT2D eigenvalue weighted by Crippen LogP contribution is -2.19. The van der Waals surface area contributed by atoms with Crippen molar-refractivity contribution in [2.45, 2.75) is 5.16 Å². The van der Waals surface area contributed by atoms with Crippen LogP contribution in [-0.2, 0) is 7.05 Å². The zero-order valence-electron chi connectivity index (χ0n) is 13.3. The van der Waals surface area contributed by atoms with Gasteiger partial charge in [0.05, 0.1) is 10.6 Å². The van der Waals surface area contributed by atoms with Crippen molar-refractivity contribution < 1.29 is 9.59 Å². The number of carbonyl (C=O) groups is 2. The van der Waals surface area contributed by atoms with Gasteiger partial charge in [-0.1, -0.05) is 17.8 Å². The van der Waals surface area contributed by atoms with Crippen LogP contribution in [0.1, 0.15) is 10.4 Å². The van der Waals surface area contributed by atoms with Gasteiger partial charge in [-0.05, 0) is 35.7 Å². The fraction of sp³-hybridized carbons (Fsp3) is 0.125. The van der Waals surface area contributed by atoms with Crippen molar-refractivity contribution in [2.24, 2.45) is 12.8 Å². The topological polar surface area (TPSA) is 103 Å². The third kappa shape index (κ3) is 4.06. The number of hydrogen-bond donors (Lipinski definition) is 2. The molecule has 2 aromatic heterocycles. The first-order valence-electron chi connectivity index (χ1n) is 7.30. The highest BCUT2D eigenvalue weighted by atomic mass is 32.2. The molecule has 3 N–H and O–H groups in total. The molecule has 25 heavy (non-hydrogen) atoms. The Balaban J connectivity index is 1.64. The number of ketones is 1. The molecular weight excluding hydrogens is 358 g/mol. The maximum atomic E-state index is 12.3. The minimum absolute atomic E-state index is 0.0312. The van der Waals surface area contributed by atoms with Gasteiger partial charge in [-0.15, -0.1) is 21.5 Å². The van der Waals surface area contributed by atoms with Crippen LogP contribution >= 0.6 is 23.1 Å². The van der Waals surface area contributed by atoms with Gasteiger partial charge >= 0.3 is 6.03 Å². The smallest absolute Gasteiger partial charge is 0.316 e. The van der Waals surface area contributed by atoms with Crippen molar-refractivity contribution in [3.63, 3.8) is 0 Å². The standard InChI is InChI=1S/C16H15N5O2S2/c1-21-14(13-3-2-8-24-13)19-20-16(21)25-9-12(22)10-4-6-11(7-5-10)18-15(17)23/h2-8H,9H2,1H3,(H3,17,18,23). The van der Waals surface area contributed by atoms with Crippen molar-refractivity contribution in [1.29, 1.82) is 0 Å². The molecule has 9 heteroatoms. The van der Waals surface area contributed by atoms with E-state index < -0.39 is 6.03 Å². The number of nitrogens with two attached hydrogens (primary N) is 1. The van der Waals surface area contributed by atoms with E-state index in [9.17, 15) is 9.59 Å². The van der Waals surface area contributed by atoms with Crippen LogP contribution in [0, 0.1) is 0 Å². The molecule has 0 aliphatic rings. The van der Waals surface area contributed by atoms with Gasteiger partial charge < -0.3 is 15.6 Å². The number of amides is 2. The Kier molecular flexibility index (Phi) is 5.15. The van der Waals surface area contributed by atoms with Crippen LogP contribution in [0.25, 0.3) is 10.7 Å². The van der Waals surface area contributed by atoms with E-state index in [-0.39, 0.29) is 11.5 Å². The molecule has 3 rings (SSSR count). The third-order valence-corrected chi connectivity index (χ3v) is 5.27. The lowest BCUT2D eigenvalue weighted by atomic mass is 10.1. The number of nitrogens with one attached hydrogen (secondary N) is 1. The molecule has 2 amide bonds. The molecule has 3 aromatic rings. The summed E-state index contributed by atoms with van der Waals surface area (Å²) in [5, 5.41) is 13.5. The van der Waals surface area contributed by atoms with Gasteiger partial charge in [-0.3, -0.25) is 4.79 Å². The van der Waals surface area contributed by atoms with Crippen LogP contribution in [-0.4, -0.2) is 32.3 Å². The van der Waals surface area contributed by atoms with Gasteiger partial charge in [0, 0.05) is 18.3 Å². The van der Waals surface area contributed by atoms with E-state index in [1.54, 1.807) is 35.6 Å². The molecule has 0 unspecified atom stereocenters. The van der Waals surface area contributed by atoms with Crippen LogP contribution in [0.4, 0.5) is 10.5 Å². The van der Waals surface area contributed by atoms with E-state index in [0.29, 0.717) is 16.4 Å². The average Bonchev–Trinajstić information content (AvgIpc) is 3.22. The molecule has 7 nitrogen and oxygen atoms in total. The van der Waals surface area contributed by atoms with Crippen LogP contribution in [0.2, 0.25) is 0 Å². The molecule has 128 valence electrons. The number of hydrogen-bond acceptors (Lipinski definition) is 6. The van der Waals surface area contributed by atoms with Crippen LogP contribution in [0.5, 0.6) is 0 Å². The Morgan fingerprint density at radius 1 is 1.24 bits per heavy atom. The lowest BCUT2D eigenvalue weighted by Gasteiger charge is -2.04. The summed E-state index contributed by atoms with van der Waals surface area (Å²) in [6, 6.07) is 9.89. The Hall–Kier alpha value is -2.65. The highest BCUT2D eigenvalue weighted by Crippen LogP contribution is 2.26. The third-order valence-electron chi connectivity index (χ3n) is 3.38. The zero-order valence-corrected chi connectivity index (χ0v) is 14.9. The summed E-state index contributed by atoms with van der Waals surface area (Å²) in [4.78, 5) is 24.1. The number of aromatic nitrogens is 3. The molecule has 0 spiro atoms. The number of rotatable bonds is 6. The molecule has 0 bridgehead atoms. The van der Waals surface area contributed by atoms with Gasteiger partial charge in [-0.2, -0.15) is 0 Å². The number of Topliss-reactive ketones (excluding diaryl/α,β-unsaturated/α-hetero) is 1. The second-order valence-electron chi connectivity index (χ2n) is 5.12. The minimum Gasteiger partial charge on any atom is -0.351 e. The zero-order chi connectivity index (χ0) is 17.8. The number of nitrogens with zero attached hydrogens (tertiary/aromatic N) is 3. The normalized spacial score (nSPS) is 10.6. The highest BCUT2D eigenvalue weighted by molar-refractivity contribution is 7.99. The monoisotopic (exact) mass is 373 g/mol. The summed E-state index contributed by atoms with van der Waals surface area (Å²) in [5.74, 6) is 1.00. The molecule has 0 radical (unpaired) electrons. The molecule has 0 fully saturated rings. The molecule has 0 atom stereocenters. The summed E-state index contributed by atoms with van der Waals surface area (Å²) in [6.07, 6.45) is 0. The van der Waals surface area contributed by atoms with Gasteiger partial charge in [-0.25, -0.2) is 4.79 Å². The first-order chi connectivity index (χ1) is 12.0. The maximum Gasteiger partial charge on any atom is 0.316 e. The predicted octanol–water partition coefficient (Wildman–Crippen LogP) is 3.01. The van der Waals surface area contributed by atoms with E-state index in [4.69, 9.17) is 5.73 Å². The fourth-order valence-corrected chi connectivity index (χ4v) is 3.71. The van der Waals surface area contributed by atoms with Crippen molar-refractivity contribution in [2.75, 3.05) is 11.1 Å². The Bertz CT molecular complexity index is 888. The van der Waals surface area contributed by atoms with Crippen LogP contribution in [0.3, 0.4) is 0 Å². The number of thiophene rings is 1. The lowest BCUT2D eigenvalue weighted by molar-refractivity contribution is 0.102. The molecule has 2 heterocycles. The van der Waals surface area contributed by atoms with Gasteiger partial charge in [0.25, 0.3) is 0 Å². The van der Waals surface area contributed by atoms with Crippen LogP contribution < -0.4 is 11.1 Å². The van der Waals surface area contributed by atoms with E-state index in [1.807, 2.05) is 29.1 Å². The molecule has 0 aliphatic heterocycles. The first-order valence-corrected chi connectivity index (χ1v) is 9.17. The summed E-state index contributed by atoms with van der Waals surface area (Å²) in [7, 11) is 1.88. The largest absolute Gasteiger partial charge is 0.351 e. The average molecular weight is 373 g/mol. The van der Waals surface area contributed by atoms with E-state index in [1.165, 1.54) is 11.8 Å². The fourth-order valence-electron chi connectivity index (χ4n) is 2.16. The van der Waals surface area contributed by atoms with Crippen molar-refractivity contribution in [3.8, 4) is 10.7 Å². The Labute approximate surface area is 152 Å². The number of primary amides is 1. The Morgan fingerprint density at radius 2 is 2.00 bits per heavy atom. The highest BCUT2D eigenvalue weighted by Gasteiger charge is 2.14.